The number of nitrogens with two attached hydrogens (primary N) is 1. The summed E-state index contributed by atoms with van der Waals surface area (Å²) in [7, 11) is 0. The molecule has 3 N–H and O–H groups in total. The fraction of sp³-hybridized carbons (Fsp3) is 0.143. The van der Waals surface area contributed by atoms with Crippen molar-refractivity contribution in [1.29, 1.82) is 0 Å². The lowest BCUT2D eigenvalue weighted by atomic mass is 10.3. The highest BCUT2D eigenvalue weighted by Crippen LogP contribution is 2.14. The van der Waals surface area contributed by atoms with Gasteiger partial charge in [0.25, 0.3) is 0 Å². The van der Waals surface area contributed by atoms with Gasteiger partial charge >= 0.3 is 0 Å². The molecule has 0 fully saturated rings. The van der Waals surface area contributed by atoms with Gasteiger partial charge in [-0.2, -0.15) is 5.10 Å². The lowest BCUT2D eigenvalue weighted by molar-refractivity contribution is 0.531. The van der Waals surface area contributed by atoms with E-state index in [9.17, 15) is 0 Å². The second-order valence-electron chi connectivity index (χ2n) is 2.28. The van der Waals surface area contributed by atoms with Crippen molar-refractivity contribution in [1.82, 2.24) is 5.43 Å². The quantitative estimate of drug-likeness (QED) is 0.482. The van der Waals surface area contributed by atoms with Crippen LogP contribution in [0.2, 0.25) is 0 Å². The Labute approximate surface area is 89.3 Å². The minimum absolute atomic E-state index is 0.130. The molecule has 4 nitrogen and oxygen atoms in total. The summed E-state index contributed by atoms with van der Waals surface area (Å²) in [4.78, 5) is 0. The van der Waals surface area contributed by atoms with Gasteiger partial charge in [0, 0.05) is 0 Å². The molecule has 70 valence electrons. The van der Waals surface area contributed by atoms with Crippen LogP contribution in [0.1, 0.15) is 12.7 Å². The monoisotopic (exact) mass is 261 g/mol. The van der Waals surface area contributed by atoms with E-state index in [1.807, 2.05) is 0 Å². The molecule has 0 saturated carbocycles. The topological polar surface area (TPSA) is 63.5 Å². The Bertz CT molecular complexity index is 347. The number of rotatable bonds is 2. The van der Waals surface area contributed by atoms with E-state index in [4.69, 9.17) is 10.2 Å². The number of halogens is 1. The van der Waals surface area contributed by atoms with Gasteiger partial charge in [-0.05, 0) is 47.2 Å². The van der Waals surface area contributed by atoms with E-state index in [1.165, 1.54) is 0 Å². The van der Waals surface area contributed by atoms with E-state index in [-0.39, 0.29) is 5.11 Å². The maximum Gasteiger partial charge on any atom is 0.184 e. The van der Waals surface area contributed by atoms with Crippen LogP contribution in [0.4, 0.5) is 0 Å². The third-order valence-corrected chi connectivity index (χ3v) is 1.78. The second kappa shape index (κ2) is 4.38. The van der Waals surface area contributed by atoms with Crippen molar-refractivity contribution < 1.29 is 4.42 Å². The number of hydrazone groups is 1. The van der Waals surface area contributed by atoms with Crippen LogP contribution in [0.15, 0.2) is 26.3 Å². The molecule has 0 bridgehead atoms. The maximum absolute atomic E-state index is 5.24. The predicted octanol–water partition coefficient (Wildman–Crippen LogP) is 1.60. The molecule has 1 aromatic heterocycles. The molecule has 0 aliphatic carbocycles. The average molecular weight is 262 g/mol. The first-order chi connectivity index (χ1) is 6.09. The first kappa shape index (κ1) is 10.2. The average Bonchev–Trinajstić information content (AvgIpc) is 2.47. The molecule has 1 rings (SSSR count). The molecule has 1 aromatic rings. The smallest absolute Gasteiger partial charge is 0.184 e. The first-order valence-electron chi connectivity index (χ1n) is 3.45. The molecule has 0 aliphatic heterocycles. The zero-order valence-electron chi connectivity index (χ0n) is 6.87. The van der Waals surface area contributed by atoms with Gasteiger partial charge in [-0.3, -0.25) is 5.43 Å². The Balaban J connectivity index is 2.72. The highest BCUT2D eigenvalue weighted by Gasteiger charge is 2.02. The van der Waals surface area contributed by atoms with Crippen molar-refractivity contribution in [2.75, 3.05) is 0 Å². The van der Waals surface area contributed by atoms with Gasteiger partial charge in [-0.25, -0.2) is 0 Å². The molecule has 6 heteroatoms. The largest absolute Gasteiger partial charge is 0.448 e. The number of furan rings is 1. The Kier molecular flexibility index (Phi) is 3.44. The normalized spacial score (nSPS) is 11.4. The van der Waals surface area contributed by atoms with Gasteiger partial charge < -0.3 is 10.2 Å². The van der Waals surface area contributed by atoms with Gasteiger partial charge in [0.1, 0.15) is 5.71 Å². The van der Waals surface area contributed by atoms with Gasteiger partial charge in [-0.1, -0.05) is 0 Å². The summed E-state index contributed by atoms with van der Waals surface area (Å²) >= 11 is 7.78. The van der Waals surface area contributed by atoms with Crippen molar-refractivity contribution in [2.45, 2.75) is 6.92 Å². The standard InChI is InChI=1S/C7H8BrN3OS/c1-4(10-11-7(9)13)5-2-3-6(8)12-5/h2-3H,1H3,(H3,9,11,13)/b10-4-. The minimum Gasteiger partial charge on any atom is -0.448 e. The number of thiocarbonyl (C=S) groups is 1. The number of nitrogens with one attached hydrogen (secondary N) is 1. The molecule has 0 radical (unpaired) electrons. The summed E-state index contributed by atoms with van der Waals surface area (Å²) in [6.45, 7) is 1.79. The van der Waals surface area contributed by atoms with Crippen LogP contribution in [0, 0.1) is 0 Å². The van der Waals surface area contributed by atoms with E-state index >= 15 is 0 Å². The van der Waals surface area contributed by atoms with Crippen LogP contribution in [0.25, 0.3) is 0 Å². The van der Waals surface area contributed by atoms with Crippen LogP contribution in [-0.2, 0) is 0 Å². The van der Waals surface area contributed by atoms with Crippen LogP contribution in [0.3, 0.4) is 0 Å². The molecule has 0 spiro atoms. The van der Waals surface area contributed by atoms with Crippen molar-refractivity contribution in [3.63, 3.8) is 0 Å². The fourth-order valence-corrected chi connectivity index (χ4v) is 1.05. The van der Waals surface area contributed by atoms with Gasteiger partial charge in [0.2, 0.25) is 0 Å². The van der Waals surface area contributed by atoms with Crippen molar-refractivity contribution in [3.8, 4) is 0 Å². The van der Waals surface area contributed by atoms with Crippen LogP contribution < -0.4 is 11.2 Å². The summed E-state index contributed by atoms with van der Waals surface area (Å²) in [5, 5.41) is 4.02. The van der Waals surface area contributed by atoms with Gasteiger partial charge in [-0.15, -0.1) is 0 Å². The van der Waals surface area contributed by atoms with Gasteiger partial charge in [0.05, 0.1) is 0 Å². The van der Waals surface area contributed by atoms with E-state index in [2.05, 4.69) is 38.7 Å². The lowest BCUT2D eigenvalue weighted by Crippen LogP contribution is -2.25. The zero-order chi connectivity index (χ0) is 9.84. The van der Waals surface area contributed by atoms with Crippen molar-refractivity contribution in [3.05, 3.63) is 22.6 Å². The summed E-state index contributed by atoms with van der Waals surface area (Å²) in [6, 6.07) is 3.58. The molecular weight excluding hydrogens is 254 g/mol. The van der Waals surface area contributed by atoms with Crippen LogP contribution in [-0.4, -0.2) is 10.8 Å². The molecule has 1 heterocycles. The molecule has 0 unspecified atom stereocenters. The summed E-state index contributed by atoms with van der Waals surface area (Å²) in [5.41, 5.74) is 8.35. The minimum atomic E-state index is 0.130. The summed E-state index contributed by atoms with van der Waals surface area (Å²) in [5.74, 6) is 0.663. The second-order valence-corrected chi connectivity index (χ2v) is 3.50. The Hall–Kier alpha value is -0.880. The number of nitrogens with zero attached hydrogens (tertiary/aromatic N) is 1. The first-order valence-corrected chi connectivity index (χ1v) is 4.65. The third-order valence-electron chi connectivity index (χ3n) is 1.26. The van der Waals surface area contributed by atoms with Crippen LogP contribution in [0.5, 0.6) is 0 Å². The highest BCUT2D eigenvalue weighted by atomic mass is 79.9. The molecule has 0 aliphatic rings. The lowest BCUT2D eigenvalue weighted by Gasteiger charge is -1.97. The SMILES string of the molecule is C/C(=N/NC(N)=S)c1ccc(Br)o1. The van der Waals surface area contributed by atoms with E-state index in [1.54, 1.807) is 19.1 Å². The Morgan fingerprint density at radius 1 is 1.69 bits per heavy atom. The predicted molar refractivity (Wildman–Crippen MR) is 58.5 cm³/mol. The number of hydrogen-bond acceptors (Lipinski definition) is 3. The fourth-order valence-electron chi connectivity index (χ4n) is 0.703. The van der Waals surface area contributed by atoms with Gasteiger partial charge in [0.15, 0.2) is 15.5 Å². The van der Waals surface area contributed by atoms with Crippen LogP contribution >= 0.6 is 28.1 Å². The zero-order valence-corrected chi connectivity index (χ0v) is 9.28. The highest BCUT2D eigenvalue weighted by molar-refractivity contribution is 9.10. The Morgan fingerprint density at radius 2 is 2.38 bits per heavy atom. The summed E-state index contributed by atoms with van der Waals surface area (Å²) < 4.78 is 5.90. The molecule has 0 aromatic carbocycles. The van der Waals surface area contributed by atoms with E-state index in [0.717, 1.165) is 0 Å². The van der Waals surface area contributed by atoms with E-state index in [0.29, 0.717) is 16.1 Å². The summed E-state index contributed by atoms with van der Waals surface area (Å²) in [6.07, 6.45) is 0. The molecule has 13 heavy (non-hydrogen) atoms. The molecule has 0 amide bonds. The molecule has 0 saturated heterocycles. The molecule has 0 atom stereocenters. The van der Waals surface area contributed by atoms with E-state index < -0.39 is 0 Å². The molecular formula is C7H8BrN3OS. The maximum atomic E-state index is 5.24. The Morgan fingerprint density at radius 3 is 2.85 bits per heavy atom. The third kappa shape index (κ3) is 3.16. The number of hydrogen-bond donors (Lipinski definition) is 2. The van der Waals surface area contributed by atoms with Crippen molar-refractivity contribution >= 4 is 39.0 Å². The van der Waals surface area contributed by atoms with Crippen molar-refractivity contribution in [2.24, 2.45) is 10.8 Å².